The van der Waals surface area contributed by atoms with Gasteiger partial charge >= 0.3 is 0 Å². The normalized spacial score (nSPS) is 12.6. The number of aromatic nitrogens is 3. The van der Waals surface area contributed by atoms with Gasteiger partial charge in [0.2, 0.25) is 12.3 Å². The van der Waals surface area contributed by atoms with E-state index in [2.05, 4.69) is 10.4 Å². The zero-order valence-corrected chi connectivity index (χ0v) is 22.8. The van der Waals surface area contributed by atoms with Crippen LogP contribution >= 0.6 is 23.2 Å². The number of nitrogens with zero attached hydrogens (tertiary/aromatic N) is 4. The summed E-state index contributed by atoms with van der Waals surface area (Å²) in [6, 6.07) is 9.23. The number of nitrogens with two attached hydrogens (primary N) is 2. The molecule has 0 bridgehead atoms. The van der Waals surface area contributed by atoms with Crippen LogP contribution in [0.4, 0.5) is 20.2 Å². The molecule has 10 nitrogen and oxygen atoms in total. The number of carbonyl (C=O) groups excluding carboxylic acids is 1. The maximum atomic E-state index is 13.6. The maximum absolute atomic E-state index is 13.6. The van der Waals surface area contributed by atoms with Crippen LogP contribution in [-0.2, 0) is 11.8 Å². The minimum absolute atomic E-state index is 0.100. The van der Waals surface area contributed by atoms with Crippen molar-refractivity contribution in [3.05, 3.63) is 81.6 Å². The summed E-state index contributed by atoms with van der Waals surface area (Å²) in [5, 5.41) is 8.98. The molecule has 0 spiro atoms. The van der Waals surface area contributed by atoms with Gasteiger partial charge in [0, 0.05) is 53.0 Å². The van der Waals surface area contributed by atoms with E-state index in [0.29, 0.717) is 27.5 Å². The van der Waals surface area contributed by atoms with Crippen molar-refractivity contribution in [1.29, 1.82) is 0 Å². The monoisotopic (exact) mass is 591 g/mol. The Morgan fingerprint density at radius 3 is 2.62 bits per heavy atom. The number of benzene rings is 2. The molecule has 5 N–H and O–H groups in total. The van der Waals surface area contributed by atoms with Crippen LogP contribution in [0.3, 0.4) is 0 Å². The molecule has 1 unspecified atom stereocenters. The number of aryl methyl sites for hydroxylation is 1. The van der Waals surface area contributed by atoms with E-state index < -0.39 is 30.4 Å². The highest BCUT2D eigenvalue weighted by Crippen LogP contribution is 2.38. The fourth-order valence-electron chi connectivity index (χ4n) is 4.26. The summed E-state index contributed by atoms with van der Waals surface area (Å²) in [4.78, 5) is 26.6. The van der Waals surface area contributed by atoms with Crippen molar-refractivity contribution >= 4 is 51.4 Å². The number of halogens is 4. The number of ether oxygens (including phenoxy) is 1. The number of nitrogens with one attached hydrogen (secondary N) is 1. The third kappa shape index (κ3) is 6.36. The number of alkyl halides is 2. The van der Waals surface area contributed by atoms with E-state index in [-0.39, 0.29) is 16.5 Å². The predicted octanol–water partition coefficient (Wildman–Crippen LogP) is 4.58. The van der Waals surface area contributed by atoms with Crippen LogP contribution in [0.1, 0.15) is 12.5 Å². The second-order valence-electron chi connectivity index (χ2n) is 8.79. The number of rotatable bonds is 9. The number of carbonyl (C=O) groups is 1. The Kier molecular flexibility index (Phi) is 8.62. The Balaban J connectivity index is 1.76. The first kappa shape index (κ1) is 28.9. The molecule has 40 heavy (non-hydrogen) atoms. The summed E-state index contributed by atoms with van der Waals surface area (Å²) < 4.78 is 35.3. The fraction of sp³-hybridized carbons (Fsp3) is 0.192. The molecule has 0 aliphatic heterocycles. The van der Waals surface area contributed by atoms with Gasteiger partial charge in [0.25, 0.3) is 5.56 Å². The molecule has 210 valence electrons. The van der Waals surface area contributed by atoms with Crippen LogP contribution in [-0.4, -0.2) is 33.8 Å². The summed E-state index contributed by atoms with van der Waals surface area (Å²) in [5.41, 5.74) is 6.82. The van der Waals surface area contributed by atoms with Gasteiger partial charge < -0.3 is 15.8 Å². The topological polar surface area (TPSA) is 133 Å². The van der Waals surface area contributed by atoms with E-state index in [9.17, 15) is 18.4 Å². The zero-order valence-electron chi connectivity index (χ0n) is 21.3. The van der Waals surface area contributed by atoms with Crippen molar-refractivity contribution in [2.45, 2.75) is 18.9 Å². The largest absolute Gasteiger partial charge is 0.495 e. The maximum Gasteiger partial charge on any atom is 0.252 e. The van der Waals surface area contributed by atoms with Gasteiger partial charge in [0.05, 0.1) is 30.7 Å². The highest BCUT2D eigenvalue weighted by atomic mass is 35.5. The second kappa shape index (κ2) is 11.9. The molecular weight excluding hydrogens is 567 g/mol. The van der Waals surface area contributed by atoms with E-state index in [1.54, 1.807) is 48.3 Å². The fourth-order valence-corrected chi connectivity index (χ4v) is 4.54. The Labute approximate surface area is 237 Å². The lowest BCUT2D eigenvalue weighted by atomic mass is 10.0. The molecule has 1 atom stereocenters. The quantitative estimate of drug-likeness (QED) is 0.147. The van der Waals surface area contributed by atoms with E-state index in [1.807, 2.05) is 0 Å². The number of pyridine rings is 1. The lowest BCUT2D eigenvalue weighted by Gasteiger charge is -2.23. The third-order valence-corrected chi connectivity index (χ3v) is 6.31. The minimum Gasteiger partial charge on any atom is -0.495 e. The van der Waals surface area contributed by atoms with Gasteiger partial charge in [-0.3, -0.25) is 23.8 Å². The number of hydrazine groups is 1. The molecular formula is C26H25Cl2F2N7O3. The first-order valence-corrected chi connectivity index (χ1v) is 12.5. The number of anilines is 2. The van der Waals surface area contributed by atoms with Crippen LogP contribution in [0.5, 0.6) is 5.75 Å². The Hall–Kier alpha value is -4.13. The van der Waals surface area contributed by atoms with Crippen LogP contribution in [0.25, 0.3) is 22.0 Å². The molecule has 1 amide bonds. The number of methoxy groups -OCH3 is 1. The van der Waals surface area contributed by atoms with Gasteiger partial charge in [0.15, 0.2) is 0 Å². The highest BCUT2D eigenvalue weighted by molar-refractivity contribution is 6.31. The lowest BCUT2D eigenvalue weighted by Crippen LogP contribution is -2.34. The van der Waals surface area contributed by atoms with Crippen molar-refractivity contribution in [3.63, 3.8) is 0 Å². The summed E-state index contributed by atoms with van der Waals surface area (Å²) in [7, 11) is 3.09. The minimum atomic E-state index is -2.88. The van der Waals surface area contributed by atoms with Crippen molar-refractivity contribution in [2.75, 3.05) is 17.4 Å². The molecule has 0 aliphatic carbocycles. The molecule has 0 aliphatic rings. The molecule has 0 radical (unpaired) electrons. The second-order valence-corrected chi connectivity index (χ2v) is 9.66. The Morgan fingerprint density at radius 1 is 1.20 bits per heavy atom. The summed E-state index contributed by atoms with van der Waals surface area (Å²) in [6.45, 7) is 0. The predicted molar refractivity (Wildman–Crippen MR) is 151 cm³/mol. The summed E-state index contributed by atoms with van der Waals surface area (Å²) in [5.74, 6) is 5.37. The zero-order chi connectivity index (χ0) is 29.1. The molecule has 4 rings (SSSR count). The number of amides is 1. The van der Waals surface area contributed by atoms with E-state index in [0.717, 1.165) is 21.0 Å². The number of hydrogen-bond acceptors (Lipinski definition) is 7. The van der Waals surface area contributed by atoms with Crippen molar-refractivity contribution in [3.8, 4) is 16.9 Å². The van der Waals surface area contributed by atoms with Gasteiger partial charge in [-0.05, 0) is 36.4 Å². The molecule has 2 heterocycles. The SMILES string of the molecule is COc1cn(C(CC(F)F)C(=O)Nc2ccc3nn(C)cc3c2)c(=O)cc1-c1cc(Cl)ccc1N(N)/C=C(\N)Cl. The summed E-state index contributed by atoms with van der Waals surface area (Å²) in [6.07, 6.45) is 0.397. The molecule has 14 heteroatoms. The van der Waals surface area contributed by atoms with E-state index >= 15 is 0 Å². The van der Waals surface area contributed by atoms with Gasteiger partial charge in [-0.1, -0.05) is 23.2 Å². The van der Waals surface area contributed by atoms with Crippen LogP contribution in [0, 0.1) is 0 Å². The lowest BCUT2D eigenvalue weighted by molar-refractivity contribution is -0.120. The van der Waals surface area contributed by atoms with Crippen LogP contribution < -0.4 is 32.2 Å². The average molecular weight is 592 g/mol. The average Bonchev–Trinajstić information content (AvgIpc) is 3.25. The van der Waals surface area contributed by atoms with Crippen LogP contribution in [0.15, 0.2) is 71.0 Å². The number of fused-ring (bicyclic) bond motifs is 1. The van der Waals surface area contributed by atoms with Gasteiger partial charge in [-0.2, -0.15) is 5.10 Å². The molecule has 2 aromatic carbocycles. The molecule has 2 aromatic heterocycles. The van der Waals surface area contributed by atoms with Crippen molar-refractivity contribution in [2.24, 2.45) is 18.6 Å². The summed E-state index contributed by atoms with van der Waals surface area (Å²) >= 11 is 12.0. The first-order chi connectivity index (χ1) is 19.0. The Morgan fingerprint density at radius 2 is 1.95 bits per heavy atom. The smallest absolute Gasteiger partial charge is 0.252 e. The highest BCUT2D eigenvalue weighted by Gasteiger charge is 2.28. The van der Waals surface area contributed by atoms with E-state index in [4.69, 9.17) is 39.5 Å². The van der Waals surface area contributed by atoms with Gasteiger partial charge in [-0.25, -0.2) is 14.6 Å². The molecule has 0 fully saturated rings. The first-order valence-electron chi connectivity index (χ1n) is 11.8. The van der Waals surface area contributed by atoms with Crippen LogP contribution in [0.2, 0.25) is 5.02 Å². The standard InChI is InChI=1S/C26H25Cl2F2N7O3/c1-35-11-14-7-16(4-5-19(14)34-35)33-26(39)21(10-24(29)30)36-12-22(40-2)18(9-25(36)38)17-8-15(27)3-6-20(17)37(32)13-23(28)31/h3-9,11-13,21,24H,10,31-32H2,1-2H3,(H,33,39)/b23-13-. The van der Waals surface area contributed by atoms with Gasteiger partial charge in [0.1, 0.15) is 16.9 Å². The third-order valence-electron chi connectivity index (χ3n) is 5.98. The molecule has 0 saturated carbocycles. The van der Waals surface area contributed by atoms with Gasteiger partial charge in [-0.15, -0.1) is 0 Å². The molecule has 0 saturated heterocycles. The number of hydrogen-bond donors (Lipinski definition) is 3. The van der Waals surface area contributed by atoms with Crippen molar-refractivity contribution in [1.82, 2.24) is 14.3 Å². The Bertz CT molecular complexity index is 1650. The van der Waals surface area contributed by atoms with E-state index in [1.165, 1.54) is 25.6 Å². The molecule has 4 aromatic rings. The van der Waals surface area contributed by atoms with Crippen molar-refractivity contribution < 1.29 is 18.3 Å².